The van der Waals surface area contributed by atoms with Crippen LogP contribution in [0.15, 0.2) is 24.1 Å². The molecule has 2 rings (SSSR count). The number of hydrogen-bond acceptors (Lipinski definition) is 3. The van der Waals surface area contributed by atoms with Gasteiger partial charge in [0.1, 0.15) is 6.33 Å². The molecule has 0 amide bonds. The summed E-state index contributed by atoms with van der Waals surface area (Å²) in [6, 6.07) is 0. The van der Waals surface area contributed by atoms with E-state index in [4.69, 9.17) is 0 Å². The summed E-state index contributed by atoms with van der Waals surface area (Å²) in [5.74, 6) is 0.545. The topological polar surface area (TPSA) is 30.7 Å². The first kappa shape index (κ1) is 9.40. The van der Waals surface area contributed by atoms with Crippen molar-refractivity contribution in [3.63, 3.8) is 0 Å². The molecule has 0 saturated heterocycles. The van der Waals surface area contributed by atoms with Crippen LogP contribution in [0, 0.1) is 0 Å². The molecule has 0 saturated carbocycles. The first-order valence-electron chi connectivity index (χ1n) is 4.75. The van der Waals surface area contributed by atoms with E-state index in [1.54, 1.807) is 23.9 Å². The second kappa shape index (κ2) is 3.92. The standard InChI is InChI=1S/C10H13N3S/c1-3-8(2)9-6-14-10(12-9)13-5-4-11-7-13/h4-8H,3H2,1-2H3. The molecular formula is C10H13N3S. The molecule has 2 aromatic rings. The molecule has 14 heavy (non-hydrogen) atoms. The second-order valence-corrected chi connectivity index (χ2v) is 4.17. The SMILES string of the molecule is CCC(C)c1csc(-n2ccnc2)n1. The third-order valence-corrected chi connectivity index (χ3v) is 3.22. The van der Waals surface area contributed by atoms with Crippen LogP contribution in [-0.2, 0) is 0 Å². The lowest BCUT2D eigenvalue weighted by Crippen LogP contribution is -1.93. The van der Waals surface area contributed by atoms with Crippen LogP contribution in [0.4, 0.5) is 0 Å². The molecule has 4 heteroatoms. The fourth-order valence-electron chi connectivity index (χ4n) is 1.20. The maximum absolute atomic E-state index is 4.56. The van der Waals surface area contributed by atoms with Crippen molar-refractivity contribution < 1.29 is 0 Å². The zero-order chi connectivity index (χ0) is 9.97. The van der Waals surface area contributed by atoms with Gasteiger partial charge in [0.15, 0.2) is 5.13 Å². The summed E-state index contributed by atoms with van der Waals surface area (Å²) < 4.78 is 1.94. The number of imidazole rings is 1. The minimum Gasteiger partial charge on any atom is -0.282 e. The van der Waals surface area contributed by atoms with Gasteiger partial charge in [0.05, 0.1) is 5.69 Å². The maximum Gasteiger partial charge on any atom is 0.195 e. The molecule has 1 unspecified atom stereocenters. The lowest BCUT2D eigenvalue weighted by Gasteiger charge is -2.02. The molecular weight excluding hydrogens is 194 g/mol. The predicted molar refractivity (Wildman–Crippen MR) is 57.9 cm³/mol. The van der Waals surface area contributed by atoms with Gasteiger partial charge in [0.25, 0.3) is 0 Å². The van der Waals surface area contributed by atoms with Crippen molar-refractivity contribution >= 4 is 11.3 Å². The molecule has 0 aliphatic carbocycles. The minimum absolute atomic E-state index is 0.545. The highest BCUT2D eigenvalue weighted by Crippen LogP contribution is 2.22. The molecule has 2 heterocycles. The van der Waals surface area contributed by atoms with E-state index in [9.17, 15) is 0 Å². The molecule has 0 spiro atoms. The Morgan fingerprint density at radius 1 is 1.57 bits per heavy atom. The molecule has 0 aromatic carbocycles. The number of nitrogens with zero attached hydrogens (tertiary/aromatic N) is 3. The molecule has 2 aromatic heterocycles. The number of thiazole rings is 1. The Morgan fingerprint density at radius 2 is 2.43 bits per heavy atom. The number of rotatable bonds is 3. The molecule has 0 bridgehead atoms. The van der Waals surface area contributed by atoms with Crippen LogP contribution in [0.5, 0.6) is 0 Å². The summed E-state index contributed by atoms with van der Waals surface area (Å²) in [6.07, 6.45) is 6.59. The Hall–Kier alpha value is -1.16. The van der Waals surface area contributed by atoms with Crippen molar-refractivity contribution in [3.8, 4) is 5.13 Å². The average Bonchev–Trinajstić information content (AvgIpc) is 2.86. The fourth-order valence-corrected chi connectivity index (χ4v) is 2.10. The third kappa shape index (κ3) is 1.70. The van der Waals surface area contributed by atoms with E-state index in [-0.39, 0.29) is 0 Å². The van der Waals surface area contributed by atoms with Crippen LogP contribution < -0.4 is 0 Å². The summed E-state index contributed by atoms with van der Waals surface area (Å²) in [6.45, 7) is 4.38. The zero-order valence-corrected chi connectivity index (χ0v) is 9.16. The maximum atomic E-state index is 4.56. The Balaban J connectivity index is 2.26. The normalized spacial score (nSPS) is 13.0. The van der Waals surface area contributed by atoms with Crippen molar-refractivity contribution in [2.24, 2.45) is 0 Å². The van der Waals surface area contributed by atoms with E-state index in [0.29, 0.717) is 5.92 Å². The van der Waals surface area contributed by atoms with Crippen LogP contribution in [0.25, 0.3) is 5.13 Å². The summed E-state index contributed by atoms with van der Waals surface area (Å²) in [5.41, 5.74) is 1.18. The molecule has 74 valence electrons. The van der Waals surface area contributed by atoms with Crippen molar-refractivity contribution in [1.29, 1.82) is 0 Å². The monoisotopic (exact) mass is 207 g/mol. The molecule has 0 N–H and O–H groups in total. The molecule has 0 aliphatic heterocycles. The van der Waals surface area contributed by atoms with Crippen LogP contribution in [0.2, 0.25) is 0 Å². The highest BCUT2D eigenvalue weighted by atomic mass is 32.1. The molecule has 0 fully saturated rings. The van der Waals surface area contributed by atoms with Crippen molar-refractivity contribution in [2.75, 3.05) is 0 Å². The van der Waals surface area contributed by atoms with E-state index in [2.05, 4.69) is 29.2 Å². The Morgan fingerprint density at radius 3 is 3.07 bits per heavy atom. The smallest absolute Gasteiger partial charge is 0.195 e. The van der Waals surface area contributed by atoms with Gasteiger partial charge in [0.2, 0.25) is 0 Å². The summed E-state index contributed by atoms with van der Waals surface area (Å²) in [4.78, 5) is 8.57. The van der Waals surface area contributed by atoms with E-state index >= 15 is 0 Å². The van der Waals surface area contributed by atoms with Crippen LogP contribution in [-0.4, -0.2) is 14.5 Å². The van der Waals surface area contributed by atoms with Crippen LogP contribution >= 0.6 is 11.3 Å². The lowest BCUT2D eigenvalue weighted by molar-refractivity contribution is 0.711. The lowest BCUT2D eigenvalue weighted by atomic mass is 10.1. The van der Waals surface area contributed by atoms with Gasteiger partial charge in [0, 0.05) is 17.8 Å². The summed E-state index contributed by atoms with van der Waals surface area (Å²) in [7, 11) is 0. The van der Waals surface area contributed by atoms with Gasteiger partial charge < -0.3 is 0 Å². The van der Waals surface area contributed by atoms with Crippen molar-refractivity contribution in [3.05, 3.63) is 29.8 Å². The van der Waals surface area contributed by atoms with Gasteiger partial charge in [-0.1, -0.05) is 13.8 Å². The highest BCUT2D eigenvalue weighted by molar-refractivity contribution is 7.12. The van der Waals surface area contributed by atoms with Gasteiger partial charge in [-0.15, -0.1) is 11.3 Å². The fraction of sp³-hybridized carbons (Fsp3) is 0.400. The highest BCUT2D eigenvalue weighted by Gasteiger charge is 2.08. The van der Waals surface area contributed by atoms with E-state index in [1.807, 2.05) is 10.8 Å². The summed E-state index contributed by atoms with van der Waals surface area (Å²) >= 11 is 1.66. The van der Waals surface area contributed by atoms with Crippen molar-refractivity contribution in [1.82, 2.24) is 14.5 Å². The number of aromatic nitrogens is 3. The third-order valence-electron chi connectivity index (χ3n) is 2.35. The quantitative estimate of drug-likeness (QED) is 0.774. The molecule has 0 aliphatic rings. The van der Waals surface area contributed by atoms with Crippen molar-refractivity contribution in [2.45, 2.75) is 26.2 Å². The Bertz CT molecular complexity index is 391. The average molecular weight is 207 g/mol. The van der Waals surface area contributed by atoms with Crippen LogP contribution in [0.3, 0.4) is 0 Å². The van der Waals surface area contributed by atoms with E-state index < -0.39 is 0 Å². The van der Waals surface area contributed by atoms with E-state index in [0.717, 1.165) is 11.6 Å². The Labute approximate surface area is 87.4 Å². The first-order valence-corrected chi connectivity index (χ1v) is 5.63. The number of hydrogen-bond donors (Lipinski definition) is 0. The van der Waals surface area contributed by atoms with Gasteiger partial charge >= 0.3 is 0 Å². The first-order chi connectivity index (χ1) is 6.81. The van der Waals surface area contributed by atoms with Gasteiger partial charge in [-0.2, -0.15) is 0 Å². The summed E-state index contributed by atoms with van der Waals surface area (Å²) in [5, 5.41) is 3.13. The minimum atomic E-state index is 0.545. The van der Waals surface area contributed by atoms with Gasteiger partial charge in [-0.25, -0.2) is 9.97 Å². The Kier molecular flexibility index (Phi) is 2.63. The largest absolute Gasteiger partial charge is 0.282 e. The zero-order valence-electron chi connectivity index (χ0n) is 8.34. The van der Waals surface area contributed by atoms with Crippen LogP contribution in [0.1, 0.15) is 31.9 Å². The second-order valence-electron chi connectivity index (χ2n) is 3.33. The molecule has 1 atom stereocenters. The van der Waals surface area contributed by atoms with Gasteiger partial charge in [-0.05, 0) is 12.3 Å². The van der Waals surface area contributed by atoms with E-state index in [1.165, 1.54) is 5.69 Å². The molecule has 0 radical (unpaired) electrons. The van der Waals surface area contributed by atoms with Gasteiger partial charge in [-0.3, -0.25) is 4.57 Å². The predicted octanol–water partition coefficient (Wildman–Crippen LogP) is 2.84. The molecule has 3 nitrogen and oxygen atoms in total.